The van der Waals surface area contributed by atoms with Crippen molar-refractivity contribution in [2.45, 2.75) is 104 Å². The van der Waals surface area contributed by atoms with Crippen LogP contribution in [0.15, 0.2) is 0 Å². The maximum atomic E-state index is 12.2. The first-order chi connectivity index (χ1) is 9.77. The monoisotopic (exact) mass is 280 g/mol. The van der Waals surface area contributed by atoms with Crippen LogP contribution in [0.2, 0.25) is 0 Å². The van der Waals surface area contributed by atoms with Gasteiger partial charge in [-0.1, -0.05) is 65.2 Å². The largest absolute Gasteiger partial charge is 0.299 e. The first-order valence-electron chi connectivity index (χ1n) is 9.30. The second kappa shape index (κ2) is 11.3. The van der Waals surface area contributed by atoms with Gasteiger partial charge in [-0.05, 0) is 38.0 Å². The molecule has 0 saturated heterocycles. The van der Waals surface area contributed by atoms with Crippen molar-refractivity contribution in [1.82, 2.24) is 0 Å². The fourth-order valence-corrected chi connectivity index (χ4v) is 3.55. The quantitative estimate of drug-likeness (QED) is 0.406. The molecule has 0 heterocycles. The van der Waals surface area contributed by atoms with Gasteiger partial charge in [-0.3, -0.25) is 4.79 Å². The van der Waals surface area contributed by atoms with Crippen molar-refractivity contribution in [2.75, 3.05) is 0 Å². The highest BCUT2D eigenvalue weighted by atomic mass is 16.1. The van der Waals surface area contributed by atoms with Crippen LogP contribution in [-0.2, 0) is 4.79 Å². The zero-order valence-corrected chi connectivity index (χ0v) is 14.0. The van der Waals surface area contributed by atoms with Gasteiger partial charge in [0.2, 0.25) is 0 Å². The number of carbonyl (C=O) groups is 1. The highest BCUT2D eigenvalue weighted by Crippen LogP contribution is 2.33. The van der Waals surface area contributed by atoms with Crippen molar-refractivity contribution < 1.29 is 4.79 Å². The van der Waals surface area contributed by atoms with Crippen LogP contribution in [-0.4, -0.2) is 5.78 Å². The maximum absolute atomic E-state index is 12.2. The molecule has 1 saturated carbocycles. The second-order valence-electron chi connectivity index (χ2n) is 6.84. The van der Waals surface area contributed by atoms with Crippen LogP contribution in [0.1, 0.15) is 104 Å². The predicted octanol–water partition coefficient (Wildman–Crippen LogP) is 6.30. The SMILES string of the molecule is CCCCCCCCC(=O)C1CCC(CCCC)CC1. The summed E-state index contributed by atoms with van der Waals surface area (Å²) < 4.78 is 0. The maximum Gasteiger partial charge on any atom is 0.135 e. The molecule has 0 aromatic heterocycles. The van der Waals surface area contributed by atoms with Crippen molar-refractivity contribution in [1.29, 1.82) is 0 Å². The second-order valence-corrected chi connectivity index (χ2v) is 6.84. The van der Waals surface area contributed by atoms with Crippen LogP contribution in [0.4, 0.5) is 0 Å². The molecule has 1 heteroatoms. The lowest BCUT2D eigenvalue weighted by Gasteiger charge is -2.27. The smallest absolute Gasteiger partial charge is 0.135 e. The van der Waals surface area contributed by atoms with Crippen molar-refractivity contribution >= 4 is 5.78 Å². The Morgan fingerprint density at radius 3 is 2.05 bits per heavy atom. The van der Waals surface area contributed by atoms with E-state index in [9.17, 15) is 4.79 Å². The van der Waals surface area contributed by atoms with E-state index >= 15 is 0 Å². The number of carbonyl (C=O) groups excluding carboxylic acids is 1. The fraction of sp³-hybridized carbons (Fsp3) is 0.947. The normalized spacial score (nSPS) is 22.9. The Kier molecular flexibility index (Phi) is 10.1. The molecule has 1 rings (SSSR count). The number of hydrogen-bond donors (Lipinski definition) is 0. The molecule has 0 N–H and O–H groups in total. The van der Waals surface area contributed by atoms with E-state index in [2.05, 4.69) is 13.8 Å². The molecule has 1 fully saturated rings. The molecule has 1 nitrogen and oxygen atoms in total. The van der Waals surface area contributed by atoms with Gasteiger partial charge in [0.25, 0.3) is 0 Å². The third-order valence-electron chi connectivity index (χ3n) is 5.04. The van der Waals surface area contributed by atoms with Crippen LogP contribution in [0.3, 0.4) is 0 Å². The predicted molar refractivity (Wildman–Crippen MR) is 88.0 cm³/mol. The van der Waals surface area contributed by atoms with Crippen LogP contribution >= 0.6 is 0 Å². The van der Waals surface area contributed by atoms with Gasteiger partial charge >= 0.3 is 0 Å². The van der Waals surface area contributed by atoms with E-state index in [0.29, 0.717) is 11.7 Å². The summed E-state index contributed by atoms with van der Waals surface area (Å²) in [5, 5.41) is 0. The van der Waals surface area contributed by atoms with Gasteiger partial charge in [-0.2, -0.15) is 0 Å². The standard InChI is InChI=1S/C19H36O/c1-3-5-7-8-9-10-12-19(20)18-15-13-17(14-16-18)11-6-4-2/h17-18H,3-16H2,1-2H3. The molecule has 0 aromatic rings. The topological polar surface area (TPSA) is 17.1 Å². The summed E-state index contributed by atoms with van der Waals surface area (Å²) in [6.07, 6.45) is 17.7. The summed E-state index contributed by atoms with van der Waals surface area (Å²) in [6.45, 7) is 4.52. The van der Waals surface area contributed by atoms with Crippen molar-refractivity contribution in [2.24, 2.45) is 11.8 Å². The molecule has 0 amide bonds. The minimum absolute atomic E-state index is 0.420. The summed E-state index contributed by atoms with van der Waals surface area (Å²) in [7, 11) is 0. The summed E-state index contributed by atoms with van der Waals surface area (Å²) in [4.78, 5) is 12.2. The molecule has 0 aliphatic heterocycles. The number of ketones is 1. The molecule has 0 bridgehead atoms. The lowest BCUT2D eigenvalue weighted by Crippen LogP contribution is -2.21. The van der Waals surface area contributed by atoms with Gasteiger partial charge in [0, 0.05) is 12.3 Å². The van der Waals surface area contributed by atoms with E-state index in [1.54, 1.807) is 0 Å². The van der Waals surface area contributed by atoms with Crippen molar-refractivity contribution in [3.05, 3.63) is 0 Å². The Labute approximate surface area is 126 Å². The minimum Gasteiger partial charge on any atom is -0.299 e. The summed E-state index contributed by atoms with van der Waals surface area (Å²) in [5.41, 5.74) is 0. The van der Waals surface area contributed by atoms with Crippen molar-refractivity contribution in [3.63, 3.8) is 0 Å². The van der Waals surface area contributed by atoms with E-state index in [0.717, 1.165) is 18.8 Å². The molecule has 0 aromatic carbocycles. The third-order valence-corrected chi connectivity index (χ3v) is 5.04. The van der Waals surface area contributed by atoms with Gasteiger partial charge in [0.05, 0.1) is 0 Å². The van der Waals surface area contributed by atoms with Crippen LogP contribution in [0.25, 0.3) is 0 Å². The highest BCUT2D eigenvalue weighted by molar-refractivity contribution is 5.81. The van der Waals surface area contributed by atoms with E-state index in [1.807, 2.05) is 0 Å². The summed E-state index contributed by atoms with van der Waals surface area (Å²) >= 11 is 0. The highest BCUT2D eigenvalue weighted by Gasteiger charge is 2.25. The first-order valence-corrected chi connectivity index (χ1v) is 9.30. The summed E-state index contributed by atoms with van der Waals surface area (Å²) in [5.74, 6) is 1.92. The number of unbranched alkanes of at least 4 members (excludes halogenated alkanes) is 6. The molecule has 20 heavy (non-hydrogen) atoms. The van der Waals surface area contributed by atoms with E-state index < -0.39 is 0 Å². The summed E-state index contributed by atoms with van der Waals surface area (Å²) in [6, 6.07) is 0. The zero-order valence-electron chi connectivity index (χ0n) is 14.0. The molecule has 0 spiro atoms. The average molecular weight is 280 g/mol. The van der Waals surface area contributed by atoms with Gasteiger partial charge < -0.3 is 0 Å². The minimum atomic E-state index is 0.420. The molecular formula is C19H36O. The van der Waals surface area contributed by atoms with Gasteiger partial charge in [-0.25, -0.2) is 0 Å². The Morgan fingerprint density at radius 2 is 1.40 bits per heavy atom. The van der Waals surface area contributed by atoms with Gasteiger partial charge in [0.1, 0.15) is 5.78 Å². The third kappa shape index (κ3) is 7.45. The Morgan fingerprint density at radius 1 is 0.800 bits per heavy atom. The molecule has 1 aliphatic rings. The van der Waals surface area contributed by atoms with E-state index in [-0.39, 0.29) is 0 Å². The van der Waals surface area contributed by atoms with Gasteiger partial charge in [-0.15, -0.1) is 0 Å². The Balaban J connectivity index is 2.04. The molecule has 0 unspecified atom stereocenters. The van der Waals surface area contributed by atoms with Crippen LogP contribution < -0.4 is 0 Å². The molecule has 118 valence electrons. The Bertz CT molecular complexity index is 238. The van der Waals surface area contributed by atoms with Crippen LogP contribution in [0.5, 0.6) is 0 Å². The zero-order chi connectivity index (χ0) is 14.6. The van der Waals surface area contributed by atoms with E-state index in [1.165, 1.54) is 77.0 Å². The fourth-order valence-electron chi connectivity index (χ4n) is 3.55. The van der Waals surface area contributed by atoms with E-state index in [4.69, 9.17) is 0 Å². The molecule has 1 aliphatic carbocycles. The number of rotatable bonds is 11. The van der Waals surface area contributed by atoms with Crippen LogP contribution in [0, 0.1) is 11.8 Å². The van der Waals surface area contributed by atoms with Crippen molar-refractivity contribution in [3.8, 4) is 0 Å². The number of hydrogen-bond acceptors (Lipinski definition) is 1. The molecule has 0 atom stereocenters. The first kappa shape index (κ1) is 17.7. The lowest BCUT2D eigenvalue weighted by atomic mass is 9.77. The number of Topliss-reactive ketones (excluding diaryl/α,β-unsaturated/α-hetero) is 1. The molecule has 0 radical (unpaired) electrons. The lowest BCUT2D eigenvalue weighted by molar-refractivity contribution is -0.124. The van der Waals surface area contributed by atoms with Gasteiger partial charge in [0.15, 0.2) is 0 Å². The molecular weight excluding hydrogens is 244 g/mol. The Hall–Kier alpha value is -0.330. The average Bonchev–Trinajstić information content (AvgIpc) is 2.49.